The van der Waals surface area contributed by atoms with Crippen molar-refractivity contribution < 1.29 is 23.1 Å². The maximum atomic E-state index is 13.7. The maximum Gasteiger partial charge on any atom is 0.282 e. The van der Waals surface area contributed by atoms with Gasteiger partial charge in [0.1, 0.15) is 11.4 Å². The molecule has 0 saturated heterocycles. The van der Waals surface area contributed by atoms with E-state index in [9.17, 15) is 18.4 Å². The number of rotatable bonds is 5. The van der Waals surface area contributed by atoms with Crippen LogP contribution >= 0.6 is 0 Å². The molecule has 0 radical (unpaired) electrons. The lowest BCUT2D eigenvalue weighted by molar-refractivity contribution is -0.120. The molecule has 3 aromatic carbocycles. The number of carbonyl (C=O) groups excluding carboxylic acids is 2. The summed E-state index contributed by atoms with van der Waals surface area (Å²) in [7, 11) is 1.52. The molecule has 3 aromatic rings. The molecular weight excluding hydrogens is 390 g/mol. The van der Waals surface area contributed by atoms with Gasteiger partial charge in [-0.05, 0) is 42.0 Å². The van der Waals surface area contributed by atoms with Crippen LogP contribution in [0, 0.1) is 11.6 Å². The summed E-state index contributed by atoms with van der Waals surface area (Å²) >= 11 is 0. The van der Waals surface area contributed by atoms with Crippen LogP contribution in [0.1, 0.15) is 5.56 Å². The highest BCUT2D eigenvalue weighted by Gasteiger charge is 2.40. The summed E-state index contributed by atoms with van der Waals surface area (Å²) in [6.45, 7) is 0. The number of imide groups is 1. The highest BCUT2D eigenvalue weighted by Crippen LogP contribution is 2.34. The van der Waals surface area contributed by atoms with Crippen LogP contribution in [0.25, 0.3) is 5.57 Å². The van der Waals surface area contributed by atoms with Crippen molar-refractivity contribution in [2.24, 2.45) is 0 Å². The molecule has 0 spiro atoms. The highest BCUT2D eigenvalue weighted by molar-refractivity contribution is 6.46. The lowest BCUT2D eigenvalue weighted by Gasteiger charge is -2.15. The van der Waals surface area contributed by atoms with Crippen LogP contribution in [-0.4, -0.2) is 18.9 Å². The average Bonchev–Trinajstić information content (AvgIpc) is 3.01. The normalized spacial score (nSPS) is 13.8. The fourth-order valence-corrected chi connectivity index (χ4v) is 3.20. The molecule has 0 aromatic heterocycles. The minimum atomic E-state index is -1.07. The van der Waals surface area contributed by atoms with Crippen LogP contribution in [0.5, 0.6) is 5.75 Å². The molecule has 2 amide bonds. The van der Waals surface area contributed by atoms with Crippen molar-refractivity contribution in [1.82, 2.24) is 0 Å². The van der Waals surface area contributed by atoms with E-state index in [1.54, 1.807) is 54.6 Å². The molecule has 1 aliphatic heterocycles. The molecule has 0 aliphatic carbocycles. The first-order valence-electron chi connectivity index (χ1n) is 9.04. The summed E-state index contributed by atoms with van der Waals surface area (Å²) in [4.78, 5) is 27.4. The van der Waals surface area contributed by atoms with Crippen molar-refractivity contribution in [3.05, 3.63) is 95.7 Å². The van der Waals surface area contributed by atoms with Crippen LogP contribution in [0.4, 0.5) is 20.2 Å². The molecule has 0 fully saturated rings. The molecular formula is C23H16F2N2O3. The molecule has 30 heavy (non-hydrogen) atoms. The zero-order valence-electron chi connectivity index (χ0n) is 15.9. The monoisotopic (exact) mass is 406 g/mol. The molecule has 7 heteroatoms. The molecule has 1 N–H and O–H groups in total. The Bertz CT molecular complexity index is 1160. The number of para-hydroxylation sites is 1. The number of nitrogens with zero attached hydrogens (tertiary/aromatic N) is 1. The van der Waals surface area contributed by atoms with Crippen LogP contribution in [-0.2, 0) is 9.59 Å². The molecule has 5 nitrogen and oxygen atoms in total. The summed E-state index contributed by atoms with van der Waals surface area (Å²) in [5.74, 6) is -2.61. The second-order valence-corrected chi connectivity index (χ2v) is 6.51. The van der Waals surface area contributed by atoms with Gasteiger partial charge >= 0.3 is 0 Å². The summed E-state index contributed by atoms with van der Waals surface area (Å²) < 4.78 is 32.1. The Balaban J connectivity index is 1.81. The Labute approximate surface area is 171 Å². The van der Waals surface area contributed by atoms with Gasteiger partial charge < -0.3 is 10.1 Å². The SMILES string of the molecule is COc1ccc(C2=C(Nc3ccc(F)c(F)c3)C(=O)N(c3ccccc3)C2=O)cc1. The molecule has 0 saturated carbocycles. The standard InChI is InChI=1S/C23H16F2N2O3/c1-30-17-10-7-14(8-11-17)20-21(26-15-9-12-18(24)19(25)13-15)23(29)27(22(20)28)16-5-3-2-4-6-16/h2-13,26H,1H3. The van der Waals surface area contributed by atoms with Gasteiger partial charge in [0.05, 0.1) is 18.4 Å². The quantitative estimate of drug-likeness (QED) is 0.640. The van der Waals surface area contributed by atoms with Gasteiger partial charge in [-0.2, -0.15) is 0 Å². The van der Waals surface area contributed by atoms with E-state index in [2.05, 4.69) is 5.32 Å². The topological polar surface area (TPSA) is 58.6 Å². The lowest BCUT2D eigenvalue weighted by Crippen LogP contribution is -2.32. The van der Waals surface area contributed by atoms with Gasteiger partial charge in [0, 0.05) is 11.8 Å². The second-order valence-electron chi connectivity index (χ2n) is 6.51. The Morgan fingerprint density at radius 2 is 1.53 bits per heavy atom. The predicted molar refractivity (Wildman–Crippen MR) is 109 cm³/mol. The summed E-state index contributed by atoms with van der Waals surface area (Å²) in [5, 5.41) is 2.80. The van der Waals surface area contributed by atoms with Gasteiger partial charge in [-0.25, -0.2) is 13.7 Å². The van der Waals surface area contributed by atoms with Crippen LogP contribution < -0.4 is 15.0 Å². The summed E-state index contributed by atoms with van der Waals surface area (Å²) in [6.07, 6.45) is 0. The van der Waals surface area contributed by atoms with Crippen molar-refractivity contribution in [2.75, 3.05) is 17.3 Å². The van der Waals surface area contributed by atoms with Gasteiger partial charge in [0.25, 0.3) is 11.8 Å². The van der Waals surface area contributed by atoms with E-state index < -0.39 is 23.4 Å². The molecule has 1 heterocycles. The van der Waals surface area contributed by atoms with E-state index in [1.165, 1.54) is 13.2 Å². The molecule has 0 unspecified atom stereocenters. The number of methoxy groups -OCH3 is 1. The van der Waals surface area contributed by atoms with Crippen molar-refractivity contribution in [2.45, 2.75) is 0 Å². The summed E-state index contributed by atoms with van der Waals surface area (Å²) in [6, 6.07) is 18.3. The lowest BCUT2D eigenvalue weighted by atomic mass is 10.0. The largest absolute Gasteiger partial charge is 0.497 e. The van der Waals surface area contributed by atoms with Crippen molar-refractivity contribution in [3.63, 3.8) is 0 Å². The third kappa shape index (κ3) is 3.41. The molecule has 0 bridgehead atoms. The second kappa shape index (κ2) is 7.79. The van der Waals surface area contributed by atoms with E-state index in [4.69, 9.17) is 4.74 Å². The Morgan fingerprint density at radius 3 is 2.17 bits per heavy atom. The Hall–Kier alpha value is -4.00. The zero-order chi connectivity index (χ0) is 21.3. The van der Waals surface area contributed by atoms with E-state index >= 15 is 0 Å². The molecule has 150 valence electrons. The van der Waals surface area contributed by atoms with E-state index in [0.717, 1.165) is 17.0 Å². The average molecular weight is 406 g/mol. The van der Waals surface area contributed by atoms with Crippen molar-refractivity contribution in [3.8, 4) is 5.75 Å². The number of amides is 2. The highest BCUT2D eigenvalue weighted by atomic mass is 19.2. The first-order chi connectivity index (χ1) is 14.5. The number of hydrogen-bond acceptors (Lipinski definition) is 4. The van der Waals surface area contributed by atoms with Gasteiger partial charge in [-0.15, -0.1) is 0 Å². The molecule has 4 rings (SSSR count). The fourth-order valence-electron chi connectivity index (χ4n) is 3.20. The number of ether oxygens (including phenoxy) is 1. The number of nitrogens with one attached hydrogen (secondary N) is 1. The molecule has 1 aliphatic rings. The molecule has 0 atom stereocenters. The smallest absolute Gasteiger partial charge is 0.282 e. The van der Waals surface area contributed by atoms with Crippen LogP contribution in [0.15, 0.2) is 78.5 Å². The van der Waals surface area contributed by atoms with Gasteiger partial charge in [0.15, 0.2) is 11.6 Å². The predicted octanol–water partition coefficient (Wildman–Crippen LogP) is 4.37. The third-order valence-corrected chi connectivity index (χ3v) is 4.67. The minimum Gasteiger partial charge on any atom is -0.497 e. The van der Waals surface area contributed by atoms with Gasteiger partial charge in [-0.3, -0.25) is 9.59 Å². The van der Waals surface area contributed by atoms with Gasteiger partial charge in [0.2, 0.25) is 0 Å². The van der Waals surface area contributed by atoms with E-state index in [1.807, 2.05) is 0 Å². The van der Waals surface area contributed by atoms with Crippen molar-refractivity contribution >= 4 is 28.8 Å². The first-order valence-corrected chi connectivity index (χ1v) is 9.04. The minimum absolute atomic E-state index is 0.0278. The fraction of sp³-hybridized carbons (Fsp3) is 0.0435. The van der Waals surface area contributed by atoms with Crippen molar-refractivity contribution in [1.29, 1.82) is 0 Å². The van der Waals surface area contributed by atoms with E-state index in [-0.39, 0.29) is 17.0 Å². The van der Waals surface area contributed by atoms with Gasteiger partial charge in [-0.1, -0.05) is 30.3 Å². The maximum absolute atomic E-state index is 13.7. The Kier molecular flexibility index (Phi) is 5.02. The number of anilines is 2. The Morgan fingerprint density at radius 1 is 0.833 bits per heavy atom. The number of hydrogen-bond donors (Lipinski definition) is 1. The third-order valence-electron chi connectivity index (χ3n) is 4.67. The number of benzene rings is 3. The number of halogens is 2. The first kappa shape index (κ1) is 19.3. The number of carbonyl (C=O) groups is 2. The summed E-state index contributed by atoms with van der Waals surface area (Å²) in [5.41, 5.74) is 1.13. The van der Waals surface area contributed by atoms with Crippen LogP contribution in [0.2, 0.25) is 0 Å². The van der Waals surface area contributed by atoms with E-state index in [0.29, 0.717) is 17.0 Å². The van der Waals surface area contributed by atoms with Crippen LogP contribution in [0.3, 0.4) is 0 Å². The zero-order valence-corrected chi connectivity index (χ0v) is 15.9.